The third-order valence-electron chi connectivity index (χ3n) is 3.57. The Morgan fingerprint density at radius 2 is 2.00 bits per heavy atom. The van der Waals surface area contributed by atoms with Crippen molar-refractivity contribution in [3.8, 4) is 11.8 Å². The smallest absolute Gasteiger partial charge is 0.305 e. The predicted molar refractivity (Wildman–Crippen MR) is 64.1 cm³/mol. The van der Waals surface area contributed by atoms with E-state index in [-0.39, 0.29) is 12.0 Å². The van der Waals surface area contributed by atoms with E-state index >= 15 is 0 Å². The van der Waals surface area contributed by atoms with Gasteiger partial charge in [0.15, 0.2) is 0 Å². The third-order valence-corrected chi connectivity index (χ3v) is 3.57. The van der Waals surface area contributed by atoms with Gasteiger partial charge in [-0.1, -0.05) is 25.2 Å². The fraction of sp³-hybridized carbons (Fsp3) is 0.769. The molecule has 0 unspecified atom stereocenters. The van der Waals surface area contributed by atoms with Crippen LogP contribution in [0.5, 0.6) is 0 Å². The van der Waals surface area contributed by atoms with Crippen LogP contribution in [0.4, 0.5) is 0 Å². The maximum atomic E-state index is 11.0. The monoisotopic (exact) mass is 223 g/mol. The Labute approximate surface area is 97.8 Å². The Hall–Kier alpha value is -1.01. The summed E-state index contributed by atoms with van der Waals surface area (Å²) in [4.78, 5) is 13.1. The summed E-state index contributed by atoms with van der Waals surface area (Å²) < 4.78 is 0. The van der Waals surface area contributed by atoms with E-state index in [0.717, 1.165) is 25.7 Å². The van der Waals surface area contributed by atoms with Crippen LogP contribution < -0.4 is 0 Å². The highest BCUT2D eigenvalue weighted by Crippen LogP contribution is 2.35. The number of nitrogens with zero attached hydrogens (tertiary/aromatic N) is 1. The van der Waals surface area contributed by atoms with Crippen LogP contribution in [0.1, 0.15) is 45.4 Å². The second-order valence-electron chi connectivity index (χ2n) is 4.64. The molecule has 0 atom stereocenters. The van der Waals surface area contributed by atoms with Crippen molar-refractivity contribution in [1.29, 1.82) is 0 Å². The van der Waals surface area contributed by atoms with Crippen molar-refractivity contribution in [1.82, 2.24) is 4.90 Å². The van der Waals surface area contributed by atoms with Gasteiger partial charge in [0.05, 0.1) is 13.0 Å². The molecule has 0 radical (unpaired) electrons. The lowest BCUT2D eigenvalue weighted by atomic mass is 9.78. The Morgan fingerprint density at radius 1 is 1.38 bits per heavy atom. The minimum absolute atomic E-state index is 0.159. The Balaban J connectivity index is 2.74. The number of hydrogen-bond donors (Lipinski definition) is 1. The summed E-state index contributed by atoms with van der Waals surface area (Å²) in [7, 11) is 2.00. The van der Waals surface area contributed by atoms with Gasteiger partial charge in [-0.25, -0.2) is 0 Å². The van der Waals surface area contributed by atoms with Gasteiger partial charge < -0.3 is 5.11 Å². The van der Waals surface area contributed by atoms with Crippen molar-refractivity contribution in [3.63, 3.8) is 0 Å². The number of carbonyl (C=O) groups is 1. The molecule has 1 rings (SSSR count). The van der Waals surface area contributed by atoms with Gasteiger partial charge in [-0.05, 0) is 26.8 Å². The standard InChI is InChI=1S/C13H21NO2/c1-3-4-10-14(2)13(11-12(15)16)8-6-5-7-9-13/h5-11H2,1-2H3,(H,15,16). The molecule has 0 aliphatic heterocycles. The van der Waals surface area contributed by atoms with E-state index in [0.29, 0.717) is 6.54 Å². The van der Waals surface area contributed by atoms with Gasteiger partial charge in [0.1, 0.15) is 0 Å². The molecule has 1 aliphatic carbocycles. The highest BCUT2D eigenvalue weighted by molar-refractivity contribution is 5.68. The average molecular weight is 223 g/mol. The molecule has 1 aliphatic rings. The lowest BCUT2D eigenvalue weighted by Crippen LogP contribution is -2.49. The summed E-state index contributed by atoms with van der Waals surface area (Å²) in [6.45, 7) is 2.49. The van der Waals surface area contributed by atoms with Gasteiger partial charge in [0.2, 0.25) is 0 Å². The molecule has 3 heteroatoms. The lowest BCUT2D eigenvalue weighted by Gasteiger charge is -2.43. The molecule has 0 amide bonds. The third kappa shape index (κ3) is 3.24. The summed E-state index contributed by atoms with van der Waals surface area (Å²) in [5.41, 5.74) is -0.159. The predicted octanol–water partition coefficient (Wildman–Crippen LogP) is 2.12. The summed E-state index contributed by atoms with van der Waals surface area (Å²) in [5.74, 6) is 5.20. The molecular formula is C13H21NO2. The highest BCUT2D eigenvalue weighted by Gasteiger charge is 2.37. The number of carboxylic acid groups (broad SMARTS) is 1. The molecule has 0 aromatic heterocycles. The normalized spacial score (nSPS) is 18.9. The van der Waals surface area contributed by atoms with E-state index in [1.54, 1.807) is 0 Å². The van der Waals surface area contributed by atoms with E-state index in [1.807, 2.05) is 14.0 Å². The number of carboxylic acids is 1. The van der Waals surface area contributed by atoms with Crippen molar-refractivity contribution < 1.29 is 9.90 Å². The van der Waals surface area contributed by atoms with Crippen LogP contribution >= 0.6 is 0 Å². The van der Waals surface area contributed by atoms with Crippen molar-refractivity contribution >= 4 is 5.97 Å². The molecule has 0 bridgehead atoms. The first-order valence-corrected chi connectivity index (χ1v) is 5.93. The van der Waals surface area contributed by atoms with Crippen LogP contribution in [-0.4, -0.2) is 35.1 Å². The molecular weight excluding hydrogens is 202 g/mol. The topological polar surface area (TPSA) is 40.5 Å². The first-order chi connectivity index (χ1) is 7.60. The van der Waals surface area contributed by atoms with Crippen molar-refractivity contribution in [2.75, 3.05) is 13.6 Å². The molecule has 1 N–H and O–H groups in total. The molecule has 0 saturated heterocycles. The zero-order chi connectivity index (χ0) is 12.0. The van der Waals surface area contributed by atoms with E-state index in [2.05, 4.69) is 16.7 Å². The van der Waals surface area contributed by atoms with Crippen LogP contribution in [0.15, 0.2) is 0 Å². The van der Waals surface area contributed by atoms with E-state index in [9.17, 15) is 4.79 Å². The van der Waals surface area contributed by atoms with Gasteiger partial charge in [-0.2, -0.15) is 0 Å². The van der Waals surface area contributed by atoms with E-state index < -0.39 is 5.97 Å². The maximum Gasteiger partial charge on any atom is 0.305 e. The Bertz CT molecular complexity index is 295. The molecule has 0 aromatic rings. The number of hydrogen-bond acceptors (Lipinski definition) is 2. The van der Waals surface area contributed by atoms with Gasteiger partial charge in [0, 0.05) is 5.54 Å². The zero-order valence-corrected chi connectivity index (χ0v) is 10.3. The van der Waals surface area contributed by atoms with Gasteiger partial charge in [0.25, 0.3) is 0 Å². The molecule has 16 heavy (non-hydrogen) atoms. The summed E-state index contributed by atoms with van der Waals surface area (Å²) in [6.07, 6.45) is 5.72. The quantitative estimate of drug-likeness (QED) is 0.742. The lowest BCUT2D eigenvalue weighted by molar-refractivity contribution is -0.140. The molecule has 3 nitrogen and oxygen atoms in total. The van der Waals surface area contributed by atoms with Crippen LogP contribution in [0, 0.1) is 11.8 Å². The number of aliphatic carboxylic acids is 1. The first kappa shape index (κ1) is 13.1. The minimum Gasteiger partial charge on any atom is -0.481 e. The van der Waals surface area contributed by atoms with Crippen molar-refractivity contribution in [2.45, 2.75) is 51.0 Å². The van der Waals surface area contributed by atoms with Gasteiger partial charge >= 0.3 is 5.97 Å². The first-order valence-electron chi connectivity index (χ1n) is 5.93. The summed E-state index contributed by atoms with van der Waals surface area (Å²) in [6, 6.07) is 0. The molecule has 0 heterocycles. The minimum atomic E-state index is -0.696. The van der Waals surface area contributed by atoms with Crippen LogP contribution in [0.25, 0.3) is 0 Å². The fourth-order valence-corrected chi connectivity index (χ4v) is 2.55. The van der Waals surface area contributed by atoms with Crippen LogP contribution in [0.3, 0.4) is 0 Å². The van der Waals surface area contributed by atoms with Crippen LogP contribution in [0.2, 0.25) is 0 Å². The zero-order valence-electron chi connectivity index (χ0n) is 10.3. The maximum absolute atomic E-state index is 11.0. The SMILES string of the molecule is CC#CCN(C)C1(CC(=O)O)CCCCC1. The summed E-state index contributed by atoms with van der Waals surface area (Å²) in [5, 5.41) is 9.04. The molecule has 90 valence electrons. The molecule has 0 spiro atoms. The molecule has 0 aromatic carbocycles. The van der Waals surface area contributed by atoms with Gasteiger partial charge in [-0.3, -0.25) is 9.69 Å². The fourth-order valence-electron chi connectivity index (χ4n) is 2.55. The van der Waals surface area contributed by atoms with E-state index in [1.165, 1.54) is 6.42 Å². The number of rotatable bonds is 4. The highest BCUT2D eigenvalue weighted by atomic mass is 16.4. The average Bonchev–Trinajstić information content (AvgIpc) is 2.26. The second kappa shape index (κ2) is 5.91. The molecule has 1 fully saturated rings. The van der Waals surface area contributed by atoms with E-state index in [4.69, 9.17) is 5.11 Å². The largest absolute Gasteiger partial charge is 0.481 e. The summed E-state index contributed by atoms with van der Waals surface area (Å²) >= 11 is 0. The van der Waals surface area contributed by atoms with Crippen LogP contribution in [-0.2, 0) is 4.79 Å². The van der Waals surface area contributed by atoms with Gasteiger partial charge in [-0.15, -0.1) is 5.92 Å². The Kier molecular flexibility index (Phi) is 4.82. The van der Waals surface area contributed by atoms with Crippen molar-refractivity contribution in [2.24, 2.45) is 0 Å². The second-order valence-corrected chi connectivity index (χ2v) is 4.64. The molecule has 1 saturated carbocycles. The van der Waals surface area contributed by atoms with Crippen molar-refractivity contribution in [3.05, 3.63) is 0 Å². The Morgan fingerprint density at radius 3 is 2.50 bits per heavy atom.